The Morgan fingerprint density at radius 3 is 2.18 bits per heavy atom. The summed E-state index contributed by atoms with van der Waals surface area (Å²) in [4.78, 5) is 35.3. The van der Waals surface area contributed by atoms with E-state index in [1.54, 1.807) is 53.9 Å². The molecule has 2 aromatic carbocycles. The van der Waals surface area contributed by atoms with Crippen molar-refractivity contribution in [3.63, 3.8) is 0 Å². The van der Waals surface area contributed by atoms with Crippen molar-refractivity contribution in [2.45, 2.75) is 0 Å². The van der Waals surface area contributed by atoms with E-state index in [1.807, 2.05) is 0 Å². The lowest BCUT2D eigenvalue weighted by molar-refractivity contribution is -0.119. The Kier molecular flexibility index (Phi) is 5.71. The maximum Gasteiger partial charge on any atom is 0.338 e. The van der Waals surface area contributed by atoms with Crippen molar-refractivity contribution >= 4 is 34.1 Å². The summed E-state index contributed by atoms with van der Waals surface area (Å²) in [6.45, 7) is -0.491. The topological polar surface area (TPSA) is 119 Å². The standard InChI is InChI=1S/C20H16N2O5S/c21-18(25)16-9-10-28-19(16)22-17(24)11-27-20(26)14-3-1-12(2-4-14)13-5-7-15(23)8-6-13/h1-10,23H,11H2,(H2,21,25)(H,22,24). The SMILES string of the molecule is NC(=O)c1ccsc1NC(=O)COC(=O)c1ccc(-c2ccc(O)cc2)cc1. The van der Waals surface area contributed by atoms with Crippen LogP contribution in [0.3, 0.4) is 0 Å². The number of nitrogens with one attached hydrogen (secondary N) is 1. The molecule has 0 saturated heterocycles. The number of hydrogen-bond acceptors (Lipinski definition) is 6. The normalized spacial score (nSPS) is 10.3. The van der Waals surface area contributed by atoms with Gasteiger partial charge in [-0.05, 0) is 46.8 Å². The highest BCUT2D eigenvalue weighted by atomic mass is 32.1. The number of rotatable bonds is 6. The summed E-state index contributed by atoms with van der Waals surface area (Å²) in [5, 5.41) is 13.8. The summed E-state index contributed by atoms with van der Waals surface area (Å²) < 4.78 is 5.00. The lowest BCUT2D eigenvalue weighted by Crippen LogP contribution is -2.22. The van der Waals surface area contributed by atoms with Gasteiger partial charge in [0.25, 0.3) is 11.8 Å². The van der Waals surface area contributed by atoms with Crippen LogP contribution in [0.4, 0.5) is 5.00 Å². The van der Waals surface area contributed by atoms with Gasteiger partial charge in [-0.1, -0.05) is 24.3 Å². The molecule has 0 bridgehead atoms. The van der Waals surface area contributed by atoms with E-state index < -0.39 is 24.4 Å². The number of esters is 1. The van der Waals surface area contributed by atoms with Crippen LogP contribution in [0.5, 0.6) is 5.75 Å². The Morgan fingerprint density at radius 2 is 1.57 bits per heavy atom. The highest BCUT2D eigenvalue weighted by molar-refractivity contribution is 7.14. The number of nitrogens with two attached hydrogens (primary N) is 1. The minimum atomic E-state index is -0.651. The first-order valence-corrected chi connectivity index (χ1v) is 9.06. The number of aromatic hydroxyl groups is 1. The zero-order chi connectivity index (χ0) is 20.1. The molecule has 0 aliphatic heterocycles. The number of benzene rings is 2. The van der Waals surface area contributed by atoms with Crippen LogP contribution in [-0.2, 0) is 9.53 Å². The molecule has 142 valence electrons. The van der Waals surface area contributed by atoms with Crippen molar-refractivity contribution in [2.24, 2.45) is 5.73 Å². The van der Waals surface area contributed by atoms with Gasteiger partial charge in [-0.15, -0.1) is 11.3 Å². The van der Waals surface area contributed by atoms with E-state index in [2.05, 4.69) is 5.32 Å². The molecule has 1 heterocycles. The van der Waals surface area contributed by atoms with Crippen molar-refractivity contribution in [2.75, 3.05) is 11.9 Å². The van der Waals surface area contributed by atoms with E-state index in [-0.39, 0.29) is 11.3 Å². The Hall–Kier alpha value is -3.65. The van der Waals surface area contributed by atoms with Crippen molar-refractivity contribution in [3.8, 4) is 16.9 Å². The van der Waals surface area contributed by atoms with Crippen LogP contribution >= 0.6 is 11.3 Å². The average Bonchev–Trinajstić information content (AvgIpc) is 3.15. The third-order valence-corrected chi connectivity index (χ3v) is 4.67. The van der Waals surface area contributed by atoms with Gasteiger partial charge in [0.15, 0.2) is 6.61 Å². The van der Waals surface area contributed by atoms with E-state index in [1.165, 1.54) is 6.07 Å². The van der Waals surface area contributed by atoms with Crippen molar-refractivity contribution in [3.05, 3.63) is 71.1 Å². The summed E-state index contributed by atoms with van der Waals surface area (Å²) in [6.07, 6.45) is 0. The second-order valence-electron chi connectivity index (χ2n) is 5.78. The fraction of sp³-hybridized carbons (Fsp3) is 0.0500. The van der Waals surface area contributed by atoms with Gasteiger partial charge in [-0.3, -0.25) is 9.59 Å². The minimum absolute atomic E-state index is 0.174. The highest BCUT2D eigenvalue weighted by Crippen LogP contribution is 2.23. The van der Waals surface area contributed by atoms with Gasteiger partial charge in [0.05, 0.1) is 11.1 Å². The molecular weight excluding hydrogens is 380 g/mol. The van der Waals surface area contributed by atoms with E-state index in [4.69, 9.17) is 10.5 Å². The van der Waals surface area contributed by atoms with Crippen molar-refractivity contribution in [1.82, 2.24) is 0 Å². The molecule has 3 rings (SSSR count). The molecule has 4 N–H and O–H groups in total. The van der Waals surface area contributed by atoms with Crippen LogP contribution < -0.4 is 11.1 Å². The number of carbonyl (C=O) groups is 3. The van der Waals surface area contributed by atoms with Crippen molar-refractivity contribution < 1.29 is 24.2 Å². The molecule has 8 heteroatoms. The maximum atomic E-state index is 12.1. The van der Waals surface area contributed by atoms with Crippen LogP contribution in [0.15, 0.2) is 60.0 Å². The quantitative estimate of drug-likeness (QED) is 0.554. The average molecular weight is 396 g/mol. The Bertz CT molecular complexity index is 1010. The Balaban J connectivity index is 1.57. The molecule has 28 heavy (non-hydrogen) atoms. The third kappa shape index (κ3) is 4.54. The number of anilines is 1. The Morgan fingerprint density at radius 1 is 0.964 bits per heavy atom. The summed E-state index contributed by atoms with van der Waals surface area (Å²) in [5.74, 6) is -1.69. The number of ether oxygens (including phenoxy) is 1. The molecule has 0 radical (unpaired) electrons. The molecule has 0 fully saturated rings. The summed E-state index contributed by atoms with van der Waals surface area (Å²) in [5.41, 5.74) is 7.47. The van der Waals surface area contributed by atoms with Gasteiger partial charge in [0.1, 0.15) is 10.8 Å². The number of phenolic OH excluding ortho intramolecular Hbond substituents is 1. The number of amides is 2. The first-order valence-electron chi connectivity index (χ1n) is 8.18. The summed E-state index contributed by atoms with van der Waals surface area (Å²) in [6, 6.07) is 14.8. The molecule has 0 atom stereocenters. The van der Waals surface area contributed by atoms with Crippen LogP contribution in [0, 0.1) is 0 Å². The number of primary amides is 1. The molecular formula is C20H16N2O5S. The second kappa shape index (κ2) is 8.36. The maximum absolute atomic E-state index is 12.1. The monoisotopic (exact) mass is 396 g/mol. The van der Waals surface area contributed by atoms with Crippen LogP contribution in [0.25, 0.3) is 11.1 Å². The third-order valence-electron chi connectivity index (χ3n) is 3.84. The zero-order valence-electron chi connectivity index (χ0n) is 14.5. The van der Waals surface area contributed by atoms with Crippen molar-refractivity contribution in [1.29, 1.82) is 0 Å². The minimum Gasteiger partial charge on any atom is -0.508 e. The van der Waals surface area contributed by atoms with Gasteiger partial charge < -0.3 is 20.9 Å². The largest absolute Gasteiger partial charge is 0.508 e. The molecule has 1 aromatic heterocycles. The van der Waals surface area contributed by atoms with E-state index in [9.17, 15) is 19.5 Å². The zero-order valence-corrected chi connectivity index (χ0v) is 15.4. The smallest absolute Gasteiger partial charge is 0.338 e. The molecule has 2 amide bonds. The molecule has 0 unspecified atom stereocenters. The highest BCUT2D eigenvalue weighted by Gasteiger charge is 2.15. The molecule has 0 spiro atoms. The van der Waals surface area contributed by atoms with E-state index in [0.717, 1.165) is 22.5 Å². The van der Waals surface area contributed by atoms with E-state index in [0.29, 0.717) is 10.6 Å². The summed E-state index contributed by atoms with van der Waals surface area (Å²) >= 11 is 1.15. The predicted octanol–water partition coefficient (Wildman–Crippen LogP) is 3.02. The molecule has 0 saturated carbocycles. The lowest BCUT2D eigenvalue weighted by atomic mass is 10.0. The van der Waals surface area contributed by atoms with Crippen LogP contribution in [-0.4, -0.2) is 29.5 Å². The number of thiophene rings is 1. The first kappa shape index (κ1) is 19.1. The van der Waals surface area contributed by atoms with Gasteiger partial charge in [0, 0.05) is 0 Å². The van der Waals surface area contributed by atoms with Crippen LogP contribution in [0.2, 0.25) is 0 Å². The Labute approximate surface area is 164 Å². The van der Waals surface area contributed by atoms with Gasteiger partial charge in [0.2, 0.25) is 0 Å². The fourth-order valence-corrected chi connectivity index (χ4v) is 3.24. The number of carbonyl (C=O) groups excluding carboxylic acids is 3. The molecule has 7 nitrogen and oxygen atoms in total. The van der Waals surface area contributed by atoms with Gasteiger partial charge >= 0.3 is 5.97 Å². The predicted molar refractivity (Wildman–Crippen MR) is 105 cm³/mol. The van der Waals surface area contributed by atoms with Crippen LogP contribution in [0.1, 0.15) is 20.7 Å². The lowest BCUT2D eigenvalue weighted by Gasteiger charge is -2.07. The number of phenols is 1. The van der Waals surface area contributed by atoms with E-state index >= 15 is 0 Å². The molecule has 0 aliphatic carbocycles. The second-order valence-corrected chi connectivity index (χ2v) is 6.69. The molecule has 3 aromatic rings. The van der Waals surface area contributed by atoms with Gasteiger partial charge in [-0.25, -0.2) is 4.79 Å². The first-order chi connectivity index (χ1) is 13.4. The summed E-state index contributed by atoms with van der Waals surface area (Å²) in [7, 11) is 0. The van der Waals surface area contributed by atoms with Gasteiger partial charge in [-0.2, -0.15) is 0 Å². The number of hydrogen-bond donors (Lipinski definition) is 3. The fourth-order valence-electron chi connectivity index (χ4n) is 2.43. The molecule has 0 aliphatic rings.